The molecule has 0 aromatic carbocycles. The number of hydrogen-bond acceptors (Lipinski definition) is 5. The third-order valence-electron chi connectivity index (χ3n) is 3.01. The van der Waals surface area contributed by atoms with E-state index in [9.17, 15) is 0 Å². The smallest absolute Gasteiger partial charge is 0.159 e. The highest BCUT2D eigenvalue weighted by Gasteiger charge is 2.19. The fourth-order valence-electron chi connectivity index (χ4n) is 2.11. The molecule has 1 fully saturated rings. The van der Waals surface area contributed by atoms with Gasteiger partial charge in [0.15, 0.2) is 5.82 Å². The van der Waals surface area contributed by atoms with Gasteiger partial charge in [0.2, 0.25) is 0 Å². The topological polar surface area (TPSA) is 59.9 Å². The molecule has 1 aliphatic heterocycles. The van der Waals surface area contributed by atoms with E-state index in [1.807, 2.05) is 31.2 Å². The van der Waals surface area contributed by atoms with Crippen LogP contribution in [0.5, 0.6) is 0 Å². The predicted molar refractivity (Wildman–Crippen MR) is 71.6 cm³/mol. The molecule has 3 rings (SSSR count). The Kier molecular flexibility index (Phi) is 3.48. The summed E-state index contributed by atoms with van der Waals surface area (Å²) < 4.78 is 5.70. The standard InChI is InChI=1S/C14H16N4O/c1-10-8-12(11-4-2-3-5-16-11)18-14(17-10)13-9-15-6-7-19-13/h2-5,8,13,15H,6-7,9H2,1H3. The summed E-state index contributed by atoms with van der Waals surface area (Å²) in [4.78, 5) is 13.4. The molecule has 1 N–H and O–H groups in total. The van der Waals surface area contributed by atoms with Gasteiger partial charge in [0.1, 0.15) is 6.10 Å². The number of pyridine rings is 1. The van der Waals surface area contributed by atoms with E-state index in [1.54, 1.807) is 6.20 Å². The van der Waals surface area contributed by atoms with E-state index in [-0.39, 0.29) is 6.10 Å². The van der Waals surface area contributed by atoms with E-state index in [1.165, 1.54) is 0 Å². The molecule has 1 atom stereocenters. The molecule has 0 spiro atoms. The molecule has 0 amide bonds. The second kappa shape index (κ2) is 5.42. The summed E-state index contributed by atoms with van der Waals surface area (Å²) in [6.07, 6.45) is 1.70. The Balaban J connectivity index is 1.96. The molecule has 2 aromatic heterocycles. The molecule has 2 aromatic rings. The van der Waals surface area contributed by atoms with Crippen molar-refractivity contribution in [2.75, 3.05) is 19.7 Å². The Morgan fingerprint density at radius 3 is 2.95 bits per heavy atom. The van der Waals surface area contributed by atoms with E-state index < -0.39 is 0 Å². The molecule has 0 aliphatic carbocycles. The number of aromatic nitrogens is 3. The molecule has 19 heavy (non-hydrogen) atoms. The van der Waals surface area contributed by atoms with Crippen molar-refractivity contribution < 1.29 is 4.74 Å². The molecule has 98 valence electrons. The minimum absolute atomic E-state index is 0.0730. The molecule has 1 saturated heterocycles. The van der Waals surface area contributed by atoms with Crippen molar-refractivity contribution in [3.05, 3.63) is 42.0 Å². The highest BCUT2D eigenvalue weighted by atomic mass is 16.5. The third-order valence-corrected chi connectivity index (χ3v) is 3.01. The van der Waals surface area contributed by atoms with Crippen molar-refractivity contribution in [1.82, 2.24) is 20.3 Å². The first-order chi connectivity index (χ1) is 9.33. The number of morpholine rings is 1. The van der Waals surface area contributed by atoms with E-state index in [0.29, 0.717) is 6.61 Å². The Bertz CT molecular complexity index is 553. The maximum absolute atomic E-state index is 5.70. The summed E-state index contributed by atoms with van der Waals surface area (Å²) in [5.41, 5.74) is 2.63. The maximum atomic E-state index is 5.70. The first-order valence-electron chi connectivity index (χ1n) is 6.42. The molecule has 5 heteroatoms. The maximum Gasteiger partial charge on any atom is 0.159 e. The van der Waals surface area contributed by atoms with Crippen molar-refractivity contribution in [2.24, 2.45) is 0 Å². The van der Waals surface area contributed by atoms with Crippen LogP contribution in [0.3, 0.4) is 0 Å². The molecule has 3 heterocycles. The molecular weight excluding hydrogens is 240 g/mol. The van der Waals surface area contributed by atoms with Crippen molar-refractivity contribution in [1.29, 1.82) is 0 Å². The lowest BCUT2D eigenvalue weighted by molar-refractivity contribution is 0.0221. The minimum atomic E-state index is -0.0730. The second-order valence-corrected chi connectivity index (χ2v) is 4.53. The number of nitrogens with one attached hydrogen (secondary N) is 1. The van der Waals surface area contributed by atoms with Gasteiger partial charge in [-0.1, -0.05) is 6.07 Å². The lowest BCUT2D eigenvalue weighted by atomic mass is 10.2. The average Bonchev–Trinajstić information content (AvgIpc) is 2.48. The van der Waals surface area contributed by atoms with E-state index in [4.69, 9.17) is 4.74 Å². The van der Waals surface area contributed by atoms with Crippen molar-refractivity contribution >= 4 is 0 Å². The van der Waals surface area contributed by atoms with Crippen molar-refractivity contribution in [3.8, 4) is 11.4 Å². The molecule has 1 aliphatic rings. The van der Waals surface area contributed by atoms with Crippen LogP contribution < -0.4 is 5.32 Å². The molecule has 0 saturated carbocycles. The Labute approximate surface area is 112 Å². The van der Waals surface area contributed by atoms with Gasteiger partial charge in [0, 0.05) is 25.0 Å². The van der Waals surface area contributed by atoms with Crippen LogP contribution in [-0.4, -0.2) is 34.6 Å². The van der Waals surface area contributed by atoms with Gasteiger partial charge in [-0.2, -0.15) is 0 Å². The Morgan fingerprint density at radius 2 is 2.21 bits per heavy atom. The summed E-state index contributed by atoms with van der Waals surface area (Å²) in [5.74, 6) is 0.729. The van der Waals surface area contributed by atoms with Gasteiger partial charge in [0.05, 0.1) is 18.0 Å². The van der Waals surface area contributed by atoms with Crippen LogP contribution >= 0.6 is 0 Å². The van der Waals surface area contributed by atoms with Crippen molar-refractivity contribution in [3.63, 3.8) is 0 Å². The molecule has 1 unspecified atom stereocenters. The number of ether oxygens (including phenoxy) is 1. The van der Waals surface area contributed by atoms with Gasteiger partial charge < -0.3 is 10.1 Å². The predicted octanol–water partition coefficient (Wildman–Crippen LogP) is 1.51. The van der Waals surface area contributed by atoms with Crippen LogP contribution in [0, 0.1) is 6.92 Å². The summed E-state index contributed by atoms with van der Waals surface area (Å²) in [5, 5.41) is 3.29. The van der Waals surface area contributed by atoms with Gasteiger partial charge in [-0.15, -0.1) is 0 Å². The fourth-order valence-corrected chi connectivity index (χ4v) is 2.11. The molecule has 5 nitrogen and oxygen atoms in total. The number of nitrogens with zero attached hydrogens (tertiary/aromatic N) is 3. The number of rotatable bonds is 2. The lowest BCUT2D eigenvalue weighted by Crippen LogP contribution is -2.34. The zero-order chi connectivity index (χ0) is 13.1. The van der Waals surface area contributed by atoms with Gasteiger partial charge >= 0.3 is 0 Å². The van der Waals surface area contributed by atoms with E-state index >= 15 is 0 Å². The average molecular weight is 256 g/mol. The van der Waals surface area contributed by atoms with Crippen LogP contribution in [0.2, 0.25) is 0 Å². The normalized spacial score (nSPS) is 19.3. The Morgan fingerprint density at radius 1 is 1.26 bits per heavy atom. The van der Waals surface area contributed by atoms with Gasteiger partial charge in [-0.05, 0) is 25.1 Å². The fraction of sp³-hybridized carbons (Fsp3) is 0.357. The monoisotopic (exact) mass is 256 g/mol. The molecule has 0 bridgehead atoms. The van der Waals surface area contributed by atoms with Crippen LogP contribution in [0.4, 0.5) is 0 Å². The van der Waals surface area contributed by atoms with Gasteiger partial charge in [-0.25, -0.2) is 9.97 Å². The SMILES string of the molecule is Cc1cc(-c2ccccn2)nc(C2CNCCO2)n1. The quantitative estimate of drug-likeness (QED) is 0.882. The highest BCUT2D eigenvalue weighted by molar-refractivity contribution is 5.53. The van der Waals surface area contributed by atoms with Crippen molar-refractivity contribution in [2.45, 2.75) is 13.0 Å². The summed E-state index contributed by atoms with van der Waals surface area (Å²) in [6, 6.07) is 7.75. The second-order valence-electron chi connectivity index (χ2n) is 4.53. The lowest BCUT2D eigenvalue weighted by Gasteiger charge is -2.22. The highest BCUT2D eigenvalue weighted by Crippen LogP contribution is 2.20. The number of aryl methyl sites for hydroxylation is 1. The van der Waals surface area contributed by atoms with Crippen LogP contribution in [0.1, 0.15) is 17.6 Å². The number of hydrogen-bond donors (Lipinski definition) is 1. The summed E-state index contributed by atoms with van der Waals surface area (Å²) in [7, 11) is 0. The van der Waals surface area contributed by atoms with E-state index in [0.717, 1.165) is 36.0 Å². The first kappa shape index (κ1) is 12.2. The zero-order valence-electron chi connectivity index (χ0n) is 10.8. The summed E-state index contributed by atoms with van der Waals surface area (Å²) in [6.45, 7) is 4.30. The van der Waals surface area contributed by atoms with Crippen LogP contribution in [-0.2, 0) is 4.74 Å². The third kappa shape index (κ3) is 2.77. The Hall–Kier alpha value is -1.85. The molecular formula is C14H16N4O. The zero-order valence-corrected chi connectivity index (χ0v) is 10.8. The van der Waals surface area contributed by atoms with Crippen LogP contribution in [0.25, 0.3) is 11.4 Å². The van der Waals surface area contributed by atoms with E-state index in [2.05, 4.69) is 20.3 Å². The largest absolute Gasteiger partial charge is 0.368 e. The summed E-state index contributed by atoms with van der Waals surface area (Å²) >= 11 is 0. The first-order valence-corrected chi connectivity index (χ1v) is 6.42. The van der Waals surface area contributed by atoms with Gasteiger partial charge in [-0.3, -0.25) is 4.98 Å². The molecule has 0 radical (unpaired) electrons. The van der Waals surface area contributed by atoms with Crippen LogP contribution in [0.15, 0.2) is 30.5 Å². The minimum Gasteiger partial charge on any atom is -0.368 e. The van der Waals surface area contributed by atoms with Gasteiger partial charge in [0.25, 0.3) is 0 Å².